The quantitative estimate of drug-likeness (QED) is 0.903. The van der Waals surface area contributed by atoms with Crippen LogP contribution in [0, 0.1) is 5.92 Å². The predicted molar refractivity (Wildman–Crippen MR) is 87.8 cm³/mol. The fourth-order valence-electron chi connectivity index (χ4n) is 2.81. The highest BCUT2D eigenvalue weighted by Crippen LogP contribution is 2.28. The number of nitrogens with one attached hydrogen (secondary N) is 1. The first-order chi connectivity index (χ1) is 12.3. The smallest absolute Gasteiger partial charge is 0.417 e. The number of carbonyl (C=O) groups excluding carboxylic acids is 1. The maximum absolute atomic E-state index is 12.7. The molecule has 1 aromatic carbocycles. The minimum Gasteiger partial charge on any atom is -0.493 e. The molecule has 1 amide bonds. The standard InChI is InChI=1S/C18H17F3N2O3/c19-18(20,21)14-5-6-17(25)23(9-14)10-16(24)22-8-12-7-13-3-1-2-4-15(13)26-11-12/h1-6,9,12H,7-8,10-11H2,(H,22,24)/t12-/m1/s1. The third kappa shape index (κ3) is 4.25. The summed E-state index contributed by atoms with van der Waals surface area (Å²) in [6.07, 6.45) is -3.18. The van der Waals surface area contributed by atoms with Gasteiger partial charge in [0.2, 0.25) is 5.91 Å². The second-order valence-electron chi connectivity index (χ2n) is 6.17. The van der Waals surface area contributed by atoms with Crippen LogP contribution in [0.5, 0.6) is 5.75 Å². The summed E-state index contributed by atoms with van der Waals surface area (Å²) in [6, 6.07) is 9.13. The number of carbonyl (C=O) groups is 1. The number of alkyl halides is 3. The molecule has 1 aliphatic rings. The van der Waals surface area contributed by atoms with Crippen LogP contribution in [0.4, 0.5) is 13.2 Å². The van der Waals surface area contributed by atoms with Crippen molar-refractivity contribution in [1.29, 1.82) is 0 Å². The molecule has 1 N–H and O–H groups in total. The van der Waals surface area contributed by atoms with E-state index in [9.17, 15) is 22.8 Å². The fourth-order valence-corrected chi connectivity index (χ4v) is 2.81. The normalized spacial score (nSPS) is 16.5. The maximum Gasteiger partial charge on any atom is 0.417 e. The van der Waals surface area contributed by atoms with Crippen LogP contribution in [-0.2, 0) is 23.9 Å². The molecule has 0 saturated heterocycles. The molecule has 8 heteroatoms. The molecule has 0 spiro atoms. The number of ether oxygens (including phenoxy) is 1. The van der Waals surface area contributed by atoms with Gasteiger partial charge in [0.25, 0.3) is 5.56 Å². The highest BCUT2D eigenvalue weighted by molar-refractivity contribution is 5.75. The number of aromatic nitrogens is 1. The van der Waals surface area contributed by atoms with E-state index in [4.69, 9.17) is 4.74 Å². The molecule has 1 aliphatic heterocycles. The number of rotatable bonds is 4. The van der Waals surface area contributed by atoms with E-state index in [0.717, 1.165) is 28.4 Å². The molecule has 1 atom stereocenters. The SMILES string of the molecule is O=C(Cn1cc(C(F)(F)F)ccc1=O)NC[C@@H]1COc2ccccc2C1. The van der Waals surface area contributed by atoms with Gasteiger partial charge in [0.15, 0.2) is 0 Å². The van der Waals surface area contributed by atoms with Gasteiger partial charge in [0.1, 0.15) is 12.3 Å². The van der Waals surface area contributed by atoms with Gasteiger partial charge < -0.3 is 14.6 Å². The first kappa shape index (κ1) is 18.0. The lowest BCUT2D eigenvalue weighted by Gasteiger charge is -2.25. The lowest BCUT2D eigenvalue weighted by molar-refractivity contribution is -0.138. The molecule has 0 fully saturated rings. The van der Waals surface area contributed by atoms with Crippen molar-refractivity contribution in [2.24, 2.45) is 5.92 Å². The minimum absolute atomic E-state index is 0.0621. The molecule has 1 aromatic heterocycles. The molecular formula is C18H17F3N2O3. The number of benzene rings is 1. The van der Waals surface area contributed by atoms with Crippen LogP contribution in [0.25, 0.3) is 0 Å². The molecule has 2 aromatic rings. The van der Waals surface area contributed by atoms with E-state index in [2.05, 4.69) is 5.32 Å². The Hall–Kier alpha value is -2.77. The van der Waals surface area contributed by atoms with Crippen molar-refractivity contribution >= 4 is 5.91 Å². The number of amides is 1. The van der Waals surface area contributed by atoms with Crippen LogP contribution in [-0.4, -0.2) is 23.6 Å². The third-order valence-electron chi connectivity index (χ3n) is 4.17. The number of fused-ring (bicyclic) bond motifs is 1. The lowest BCUT2D eigenvalue weighted by Crippen LogP contribution is -2.38. The molecule has 0 unspecified atom stereocenters. The zero-order chi connectivity index (χ0) is 18.7. The molecule has 26 heavy (non-hydrogen) atoms. The van der Waals surface area contributed by atoms with Crippen LogP contribution in [0.15, 0.2) is 47.4 Å². The van der Waals surface area contributed by atoms with Crippen molar-refractivity contribution in [3.05, 3.63) is 64.1 Å². The Morgan fingerprint density at radius 3 is 2.77 bits per heavy atom. The Morgan fingerprint density at radius 2 is 2.00 bits per heavy atom. The number of hydrogen-bond acceptors (Lipinski definition) is 3. The second-order valence-corrected chi connectivity index (χ2v) is 6.17. The van der Waals surface area contributed by atoms with Gasteiger partial charge in [-0.2, -0.15) is 13.2 Å². The van der Waals surface area contributed by atoms with Crippen molar-refractivity contribution in [3.63, 3.8) is 0 Å². The number of nitrogens with zero attached hydrogens (tertiary/aromatic N) is 1. The van der Waals surface area contributed by atoms with Gasteiger partial charge >= 0.3 is 6.18 Å². The first-order valence-corrected chi connectivity index (χ1v) is 8.08. The predicted octanol–water partition coefficient (Wildman–Crippen LogP) is 2.23. The first-order valence-electron chi connectivity index (χ1n) is 8.08. The van der Waals surface area contributed by atoms with E-state index < -0.39 is 29.8 Å². The summed E-state index contributed by atoms with van der Waals surface area (Å²) in [4.78, 5) is 23.7. The average Bonchev–Trinajstić information content (AvgIpc) is 2.60. The second kappa shape index (κ2) is 7.23. The summed E-state index contributed by atoms with van der Waals surface area (Å²) in [7, 11) is 0. The van der Waals surface area contributed by atoms with Crippen LogP contribution >= 0.6 is 0 Å². The summed E-state index contributed by atoms with van der Waals surface area (Å²) >= 11 is 0. The van der Waals surface area contributed by atoms with E-state index in [0.29, 0.717) is 25.4 Å². The van der Waals surface area contributed by atoms with Gasteiger partial charge in [-0.25, -0.2) is 0 Å². The number of hydrogen-bond donors (Lipinski definition) is 1. The summed E-state index contributed by atoms with van der Waals surface area (Å²) in [5.74, 6) is 0.364. The van der Waals surface area contributed by atoms with E-state index in [1.165, 1.54) is 0 Å². The van der Waals surface area contributed by atoms with Crippen molar-refractivity contribution < 1.29 is 22.7 Å². The molecule has 2 heterocycles. The van der Waals surface area contributed by atoms with E-state index in [-0.39, 0.29) is 5.92 Å². The zero-order valence-electron chi connectivity index (χ0n) is 13.8. The van der Waals surface area contributed by atoms with E-state index >= 15 is 0 Å². The van der Waals surface area contributed by atoms with Crippen LogP contribution in [0.1, 0.15) is 11.1 Å². The summed E-state index contributed by atoms with van der Waals surface area (Å²) in [5.41, 5.74) is -0.586. The van der Waals surface area contributed by atoms with Crippen LogP contribution < -0.4 is 15.6 Å². The van der Waals surface area contributed by atoms with Gasteiger partial charge in [-0.3, -0.25) is 9.59 Å². The Morgan fingerprint density at radius 1 is 1.23 bits per heavy atom. The molecule has 5 nitrogen and oxygen atoms in total. The van der Waals surface area contributed by atoms with Crippen molar-refractivity contribution in [2.75, 3.05) is 13.2 Å². The number of pyridine rings is 1. The molecule has 3 rings (SSSR count). The zero-order valence-corrected chi connectivity index (χ0v) is 13.8. The molecule has 0 aliphatic carbocycles. The molecule has 0 saturated carbocycles. The minimum atomic E-state index is -4.57. The van der Waals surface area contributed by atoms with Crippen molar-refractivity contribution in [1.82, 2.24) is 9.88 Å². The largest absolute Gasteiger partial charge is 0.493 e. The maximum atomic E-state index is 12.7. The lowest BCUT2D eigenvalue weighted by atomic mass is 9.97. The summed E-state index contributed by atoms with van der Waals surface area (Å²) < 4.78 is 44.5. The topological polar surface area (TPSA) is 60.3 Å². The Labute approximate surface area is 147 Å². The summed E-state index contributed by atoms with van der Waals surface area (Å²) in [5, 5.41) is 2.66. The fraction of sp³-hybridized carbons (Fsp3) is 0.333. The molecule has 0 bridgehead atoms. The highest BCUT2D eigenvalue weighted by Gasteiger charge is 2.31. The van der Waals surface area contributed by atoms with E-state index in [1.54, 1.807) is 0 Å². The Kier molecular flexibility index (Phi) is 5.01. The van der Waals surface area contributed by atoms with Crippen LogP contribution in [0.3, 0.4) is 0 Å². The molecule has 0 radical (unpaired) electrons. The Bertz CT molecular complexity index is 861. The Balaban J connectivity index is 1.58. The van der Waals surface area contributed by atoms with Gasteiger partial charge in [-0.05, 0) is 24.1 Å². The van der Waals surface area contributed by atoms with Crippen molar-refractivity contribution in [2.45, 2.75) is 19.1 Å². The van der Waals surface area contributed by atoms with Crippen LogP contribution in [0.2, 0.25) is 0 Å². The average molecular weight is 366 g/mol. The van der Waals surface area contributed by atoms with Gasteiger partial charge in [0, 0.05) is 24.7 Å². The van der Waals surface area contributed by atoms with Gasteiger partial charge in [-0.15, -0.1) is 0 Å². The monoisotopic (exact) mass is 366 g/mol. The highest BCUT2D eigenvalue weighted by atomic mass is 19.4. The number of halogens is 3. The third-order valence-corrected chi connectivity index (χ3v) is 4.17. The van der Waals surface area contributed by atoms with Crippen molar-refractivity contribution in [3.8, 4) is 5.75 Å². The molecular weight excluding hydrogens is 349 g/mol. The number of para-hydroxylation sites is 1. The van der Waals surface area contributed by atoms with Gasteiger partial charge in [0.05, 0.1) is 12.2 Å². The van der Waals surface area contributed by atoms with Gasteiger partial charge in [-0.1, -0.05) is 18.2 Å². The van der Waals surface area contributed by atoms with E-state index in [1.807, 2.05) is 24.3 Å². The molecule has 138 valence electrons. The summed E-state index contributed by atoms with van der Waals surface area (Å²) in [6.45, 7) is 0.300.